The molecule has 9 heteroatoms. The van der Waals surface area contributed by atoms with E-state index in [1.165, 1.54) is 38.2 Å². The van der Waals surface area contributed by atoms with Gasteiger partial charge in [0.05, 0.1) is 10.6 Å². The number of rotatable bonds is 7. The Kier molecular flexibility index (Phi) is 7.19. The molecule has 0 spiro atoms. The number of halogens is 3. The van der Waals surface area contributed by atoms with Crippen molar-refractivity contribution in [2.24, 2.45) is 5.92 Å². The van der Waals surface area contributed by atoms with Crippen LogP contribution >= 0.6 is 11.6 Å². The highest BCUT2D eigenvalue weighted by molar-refractivity contribution is 6.34. The molecule has 1 aromatic heterocycles. The van der Waals surface area contributed by atoms with Crippen molar-refractivity contribution in [3.8, 4) is 0 Å². The number of hydrogen-bond acceptors (Lipinski definition) is 3. The Hall–Kier alpha value is -2.48. The number of H-pyrrole nitrogens is 1. The van der Waals surface area contributed by atoms with Crippen LogP contribution in [0.5, 0.6) is 0 Å². The van der Waals surface area contributed by atoms with Gasteiger partial charge in [-0.05, 0) is 30.9 Å². The van der Waals surface area contributed by atoms with Crippen LogP contribution in [-0.4, -0.2) is 28.6 Å². The Balaban J connectivity index is 1.49. The summed E-state index contributed by atoms with van der Waals surface area (Å²) in [4.78, 5) is 24.4. The van der Waals surface area contributed by atoms with Crippen molar-refractivity contribution >= 4 is 29.2 Å². The van der Waals surface area contributed by atoms with Gasteiger partial charge in [-0.3, -0.25) is 14.7 Å². The van der Waals surface area contributed by atoms with E-state index in [1.54, 1.807) is 0 Å². The van der Waals surface area contributed by atoms with Crippen LogP contribution in [-0.2, 0) is 0 Å². The quantitative estimate of drug-likeness (QED) is 0.445. The van der Waals surface area contributed by atoms with Gasteiger partial charge in [0.25, 0.3) is 11.8 Å². The molecule has 3 N–H and O–H groups in total. The highest BCUT2D eigenvalue weighted by Crippen LogP contribution is 2.27. The predicted molar refractivity (Wildman–Crippen MR) is 106 cm³/mol. The number of aromatic amines is 1. The van der Waals surface area contributed by atoms with E-state index < -0.39 is 17.5 Å². The molecule has 0 unspecified atom stereocenters. The van der Waals surface area contributed by atoms with E-state index in [2.05, 4.69) is 20.8 Å². The van der Waals surface area contributed by atoms with Gasteiger partial charge in [-0.2, -0.15) is 5.10 Å². The van der Waals surface area contributed by atoms with Gasteiger partial charge >= 0.3 is 0 Å². The summed E-state index contributed by atoms with van der Waals surface area (Å²) in [6.07, 6.45) is 8.51. The summed E-state index contributed by atoms with van der Waals surface area (Å²) in [6, 6.07) is 2.80. The SMILES string of the molecule is O=C(NCCCC1CCCCC1)c1cc(NC(=O)c2cc(F)c(F)cc2Cl)n[nH]1. The Morgan fingerprint density at radius 1 is 1.10 bits per heavy atom. The number of hydrogen-bond donors (Lipinski definition) is 3. The topological polar surface area (TPSA) is 86.9 Å². The molecule has 2 amide bonds. The lowest BCUT2D eigenvalue weighted by Gasteiger charge is -2.21. The van der Waals surface area contributed by atoms with Gasteiger partial charge in [0.2, 0.25) is 0 Å². The van der Waals surface area contributed by atoms with Crippen LogP contribution in [0.2, 0.25) is 5.02 Å². The van der Waals surface area contributed by atoms with Gasteiger partial charge in [-0.15, -0.1) is 0 Å². The normalized spacial score (nSPS) is 14.6. The van der Waals surface area contributed by atoms with E-state index in [9.17, 15) is 18.4 Å². The second kappa shape index (κ2) is 9.82. The largest absolute Gasteiger partial charge is 0.351 e. The average molecular weight is 425 g/mol. The lowest BCUT2D eigenvalue weighted by Crippen LogP contribution is -2.25. The standard InChI is InChI=1S/C20H23ClF2N4O2/c21-14-10-16(23)15(22)9-13(14)19(28)25-18-11-17(26-27-18)20(29)24-8-4-7-12-5-2-1-3-6-12/h9-12H,1-8H2,(H,24,29)(H2,25,26,27,28). The molecule has 1 heterocycles. The Bertz CT molecular complexity index is 881. The van der Waals surface area contributed by atoms with Gasteiger partial charge in [-0.1, -0.05) is 43.7 Å². The fourth-order valence-corrected chi connectivity index (χ4v) is 3.78. The summed E-state index contributed by atoms with van der Waals surface area (Å²) in [6.45, 7) is 0.570. The monoisotopic (exact) mass is 424 g/mol. The van der Waals surface area contributed by atoms with Crippen LogP contribution in [0.25, 0.3) is 0 Å². The van der Waals surface area contributed by atoms with Gasteiger partial charge < -0.3 is 10.6 Å². The number of anilines is 1. The number of nitrogens with zero attached hydrogens (tertiary/aromatic N) is 1. The van der Waals surface area contributed by atoms with E-state index in [0.29, 0.717) is 12.6 Å². The molecule has 0 bridgehead atoms. The predicted octanol–water partition coefficient (Wildman–Crippen LogP) is 4.68. The smallest absolute Gasteiger partial charge is 0.269 e. The number of benzene rings is 1. The first kappa shape index (κ1) is 21.2. The van der Waals surface area contributed by atoms with Crippen LogP contribution in [0.1, 0.15) is 65.8 Å². The third-order valence-corrected chi connectivity index (χ3v) is 5.43. The molecule has 156 valence electrons. The van der Waals surface area contributed by atoms with Gasteiger partial charge in [0.15, 0.2) is 17.5 Å². The highest BCUT2D eigenvalue weighted by atomic mass is 35.5. The van der Waals surface area contributed by atoms with Crippen molar-refractivity contribution in [2.45, 2.75) is 44.9 Å². The molecule has 3 rings (SSSR count). The molecule has 0 radical (unpaired) electrons. The van der Waals surface area contributed by atoms with Crippen LogP contribution in [0.3, 0.4) is 0 Å². The summed E-state index contributed by atoms with van der Waals surface area (Å²) < 4.78 is 26.5. The fourth-order valence-electron chi connectivity index (χ4n) is 3.55. The Morgan fingerprint density at radius 3 is 2.59 bits per heavy atom. The minimum absolute atomic E-state index is 0.0724. The summed E-state index contributed by atoms with van der Waals surface area (Å²) >= 11 is 5.79. The van der Waals surface area contributed by atoms with E-state index >= 15 is 0 Å². The molecule has 0 aliphatic heterocycles. The van der Waals surface area contributed by atoms with Crippen LogP contribution in [0.4, 0.5) is 14.6 Å². The molecule has 0 saturated heterocycles. The second-order valence-electron chi connectivity index (χ2n) is 7.27. The fraction of sp³-hybridized carbons (Fsp3) is 0.450. The maximum Gasteiger partial charge on any atom is 0.269 e. The molecular formula is C20H23ClF2N4O2. The van der Waals surface area contributed by atoms with Crippen molar-refractivity contribution in [1.29, 1.82) is 0 Å². The van der Waals surface area contributed by atoms with E-state index in [0.717, 1.165) is 24.8 Å². The number of nitrogens with one attached hydrogen (secondary N) is 3. The first-order chi connectivity index (χ1) is 13.9. The van der Waals surface area contributed by atoms with Gasteiger partial charge in [0, 0.05) is 12.6 Å². The van der Waals surface area contributed by atoms with Crippen LogP contribution in [0, 0.1) is 17.6 Å². The van der Waals surface area contributed by atoms with Gasteiger partial charge in [-0.25, -0.2) is 8.78 Å². The van der Waals surface area contributed by atoms with Crippen molar-refractivity contribution in [3.05, 3.63) is 46.1 Å². The molecule has 1 fully saturated rings. The average Bonchev–Trinajstić information content (AvgIpc) is 3.17. The molecular weight excluding hydrogens is 402 g/mol. The molecule has 1 aliphatic rings. The maximum atomic E-state index is 13.3. The number of carbonyl (C=O) groups is 2. The van der Waals surface area contributed by atoms with Crippen molar-refractivity contribution in [1.82, 2.24) is 15.5 Å². The molecule has 1 saturated carbocycles. The van der Waals surface area contributed by atoms with Crippen LogP contribution < -0.4 is 10.6 Å². The first-order valence-electron chi connectivity index (χ1n) is 9.73. The lowest BCUT2D eigenvalue weighted by molar-refractivity contribution is 0.0946. The summed E-state index contributed by atoms with van der Waals surface area (Å²) in [5.74, 6) is -2.59. The van der Waals surface area contributed by atoms with E-state index in [1.807, 2.05) is 0 Å². The number of carbonyl (C=O) groups excluding carboxylic acids is 2. The highest BCUT2D eigenvalue weighted by Gasteiger charge is 2.18. The summed E-state index contributed by atoms with van der Waals surface area (Å²) in [7, 11) is 0. The number of aromatic nitrogens is 2. The lowest BCUT2D eigenvalue weighted by atomic mass is 9.86. The Morgan fingerprint density at radius 2 is 1.83 bits per heavy atom. The molecule has 6 nitrogen and oxygen atoms in total. The molecule has 1 aromatic carbocycles. The van der Waals surface area contributed by atoms with Crippen molar-refractivity contribution in [3.63, 3.8) is 0 Å². The summed E-state index contributed by atoms with van der Waals surface area (Å²) in [5, 5.41) is 11.4. The van der Waals surface area contributed by atoms with Crippen molar-refractivity contribution in [2.75, 3.05) is 11.9 Å². The third kappa shape index (κ3) is 5.76. The minimum atomic E-state index is -1.19. The second-order valence-corrected chi connectivity index (χ2v) is 7.68. The first-order valence-corrected chi connectivity index (χ1v) is 10.1. The zero-order chi connectivity index (χ0) is 20.8. The molecule has 29 heavy (non-hydrogen) atoms. The molecule has 1 aliphatic carbocycles. The van der Waals surface area contributed by atoms with Gasteiger partial charge in [0.1, 0.15) is 5.69 Å². The van der Waals surface area contributed by atoms with Crippen molar-refractivity contribution < 1.29 is 18.4 Å². The Labute approximate surface area is 172 Å². The summed E-state index contributed by atoms with van der Waals surface area (Å²) in [5.41, 5.74) is -0.0448. The van der Waals surface area contributed by atoms with E-state index in [-0.39, 0.29) is 28.0 Å². The molecule has 2 aromatic rings. The number of amides is 2. The van der Waals surface area contributed by atoms with Crippen LogP contribution in [0.15, 0.2) is 18.2 Å². The molecule has 0 atom stereocenters. The maximum absolute atomic E-state index is 13.3. The zero-order valence-corrected chi connectivity index (χ0v) is 16.6. The third-order valence-electron chi connectivity index (χ3n) is 5.12. The minimum Gasteiger partial charge on any atom is -0.351 e. The zero-order valence-electron chi connectivity index (χ0n) is 15.9. The van der Waals surface area contributed by atoms with E-state index in [4.69, 9.17) is 11.6 Å².